The van der Waals surface area contributed by atoms with Crippen LogP contribution >= 0.6 is 0 Å². The fourth-order valence-corrected chi connectivity index (χ4v) is 4.74. The molecular formula is C19H22F2N3O3S+. The van der Waals surface area contributed by atoms with Crippen LogP contribution in [0.3, 0.4) is 0 Å². The van der Waals surface area contributed by atoms with Gasteiger partial charge in [0.2, 0.25) is 10.0 Å². The van der Waals surface area contributed by atoms with E-state index in [9.17, 15) is 22.0 Å². The standard InChI is InChI=1S/C19H21F2N3O3S/c1-14(19(25)22-17-8-4-2-6-15(17)20)23-10-12-24(13-11-23)28(26,27)18-9-5-3-7-16(18)21/h2-9,14H,10-13H2,1H3,(H,22,25)/p+1/t14-/m0/s1. The summed E-state index contributed by atoms with van der Waals surface area (Å²) in [4.78, 5) is 13.0. The van der Waals surface area contributed by atoms with Gasteiger partial charge in [-0.1, -0.05) is 24.3 Å². The highest BCUT2D eigenvalue weighted by Crippen LogP contribution is 2.19. The van der Waals surface area contributed by atoms with Gasteiger partial charge in [-0.25, -0.2) is 17.2 Å². The zero-order chi connectivity index (χ0) is 20.3. The van der Waals surface area contributed by atoms with Gasteiger partial charge < -0.3 is 10.2 Å². The average molecular weight is 410 g/mol. The summed E-state index contributed by atoms with van der Waals surface area (Å²) in [6.45, 7) is 2.83. The lowest BCUT2D eigenvalue weighted by Gasteiger charge is -2.34. The number of nitrogens with one attached hydrogen (secondary N) is 2. The summed E-state index contributed by atoms with van der Waals surface area (Å²) in [6, 6.07) is 10.7. The third kappa shape index (κ3) is 4.21. The molecule has 150 valence electrons. The van der Waals surface area contributed by atoms with Crippen molar-refractivity contribution in [2.45, 2.75) is 17.9 Å². The van der Waals surface area contributed by atoms with Gasteiger partial charge in [-0.2, -0.15) is 4.31 Å². The van der Waals surface area contributed by atoms with Gasteiger partial charge in [0.1, 0.15) is 16.5 Å². The predicted molar refractivity (Wildman–Crippen MR) is 100 cm³/mol. The second-order valence-corrected chi connectivity index (χ2v) is 8.59. The number of hydrogen-bond donors (Lipinski definition) is 2. The number of sulfonamides is 1. The zero-order valence-electron chi connectivity index (χ0n) is 15.4. The molecule has 3 rings (SSSR count). The summed E-state index contributed by atoms with van der Waals surface area (Å²) >= 11 is 0. The number of quaternary nitrogens is 1. The van der Waals surface area contributed by atoms with Crippen molar-refractivity contribution in [3.63, 3.8) is 0 Å². The van der Waals surface area contributed by atoms with Crippen molar-refractivity contribution < 1.29 is 26.9 Å². The number of carbonyl (C=O) groups is 1. The topological polar surface area (TPSA) is 70.9 Å². The Balaban J connectivity index is 1.62. The number of amides is 1. The zero-order valence-corrected chi connectivity index (χ0v) is 16.2. The smallest absolute Gasteiger partial charge is 0.282 e. The third-order valence-corrected chi connectivity index (χ3v) is 6.89. The minimum absolute atomic E-state index is 0.111. The molecule has 0 radical (unpaired) electrons. The molecule has 1 heterocycles. The van der Waals surface area contributed by atoms with E-state index < -0.39 is 27.7 Å². The Morgan fingerprint density at radius 3 is 2.21 bits per heavy atom. The van der Waals surface area contributed by atoms with Gasteiger partial charge in [0.05, 0.1) is 31.9 Å². The van der Waals surface area contributed by atoms with E-state index in [1.165, 1.54) is 40.7 Å². The van der Waals surface area contributed by atoms with Crippen LogP contribution in [0.25, 0.3) is 0 Å². The maximum Gasteiger partial charge on any atom is 0.282 e. The molecule has 1 amide bonds. The van der Waals surface area contributed by atoms with Crippen molar-refractivity contribution in [3.8, 4) is 0 Å². The first-order valence-electron chi connectivity index (χ1n) is 8.95. The van der Waals surface area contributed by atoms with E-state index >= 15 is 0 Å². The SMILES string of the molecule is C[C@@H](C(=O)Nc1ccccc1F)[NH+]1CCN(S(=O)(=O)c2ccccc2F)CC1. The Bertz CT molecular complexity index is 960. The van der Waals surface area contributed by atoms with Crippen LogP contribution in [0.2, 0.25) is 0 Å². The van der Waals surface area contributed by atoms with Gasteiger partial charge in [0, 0.05) is 0 Å². The Labute approximate surface area is 162 Å². The lowest BCUT2D eigenvalue weighted by Crippen LogP contribution is -3.19. The van der Waals surface area contributed by atoms with Gasteiger partial charge in [-0.3, -0.25) is 4.79 Å². The summed E-state index contributed by atoms with van der Waals surface area (Å²) < 4.78 is 54.1. The molecule has 0 unspecified atom stereocenters. The van der Waals surface area contributed by atoms with Crippen molar-refractivity contribution in [1.29, 1.82) is 0 Å². The molecule has 2 aromatic rings. The van der Waals surface area contributed by atoms with Gasteiger partial charge in [-0.05, 0) is 31.2 Å². The quantitative estimate of drug-likeness (QED) is 0.769. The van der Waals surface area contributed by atoms with Crippen LogP contribution in [-0.4, -0.2) is 50.9 Å². The average Bonchev–Trinajstić information content (AvgIpc) is 2.69. The molecule has 1 saturated heterocycles. The number of nitrogens with zero attached hydrogens (tertiary/aromatic N) is 1. The minimum atomic E-state index is -3.92. The molecule has 0 saturated carbocycles. The Morgan fingerprint density at radius 1 is 1.04 bits per heavy atom. The molecule has 28 heavy (non-hydrogen) atoms. The van der Waals surface area contributed by atoms with E-state index in [-0.39, 0.29) is 29.6 Å². The van der Waals surface area contributed by atoms with Gasteiger partial charge in [0.25, 0.3) is 5.91 Å². The van der Waals surface area contributed by atoms with E-state index in [0.717, 1.165) is 11.0 Å². The van der Waals surface area contributed by atoms with Crippen LogP contribution < -0.4 is 10.2 Å². The number of carbonyl (C=O) groups excluding carboxylic acids is 1. The van der Waals surface area contributed by atoms with Crippen LogP contribution in [0.5, 0.6) is 0 Å². The van der Waals surface area contributed by atoms with Crippen LogP contribution in [0.4, 0.5) is 14.5 Å². The maximum atomic E-state index is 13.9. The third-order valence-electron chi connectivity index (χ3n) is 4.96. The first-order chi connectivity index (χ1) is 13.3. The first kappa shape index (κ1) is 20.4. The van der Waals surface area contributed by atoms with Crippen LogP contribution in [0.1, 0.15) is 6.92 Å². The molecule has 0 aromatic heterocycles. The Kier molecular flexibility index (Phi) is 6.07. The molecule has 1 aliphatic heterocycles. The monoisotopic (exact) mass is 410 g/mol. The lowest BCUT2D eigenvalue weighted by atomic mass is 10.2. The van der Waals surface area contributed by atoms with Crippen molar-refractivity contribution in [3.05, 3.63) is 60.2 Å². The molecule has 6 nitrogen and oxygen atoms in total. The molecule has 2 N–H and O–H groups in total. The second kappa shape index (κ2) is 8.34. The second-order valence-electron chi connectivity index (χ2n) is 6.68. The lowest BCUT2D eigenvalue weighted by molar-refractivity contribution is -0.917. The summed E-state index contributed by atoms with van der Waals surface area (Å²) in [7, 11) is -3.92. The molecule has 2 aromatic carbocycles. The van der Waals surface area contributed by atoms with Crippen molar-refractivity contribution in [2.75, 3.05) is 31.5 Å². The van der Waals surface area contributed by atoms with E-state index in [1.807, 2.05) is 0 Å². The molecule has 1 atom stereocenters. The largest absolute Gasteiger partial charge is 0.323 e. The van der Waals surface area contributed by atoms with E-state index in [4.69, 9.17) is 0 Å². The van der Waals surface area contributed by atoms with Crippen molar-refractivity contribution in [2.24, 2.45) is 0 Å². The molecule has 1 aliphatic rings. The highest BCUT2D eigenvalue weighted by atomic mass is 32.2. The highest BCUT2D eigenvalue weighted by Gasteiger charge is 2.35. The summed E-state index contributed by atoms with van der Waals surface area (Å²) in [5, 5.41) is 2.57. The summed E-state index contributed by atoms with van der Waals surface area (Å²) in [6.07, 6.45) is 0. The number of piperazine rings is 1. The molecule has 0 spiro atoms. The number of rotatable bonds is 5. The fraction of sp³-hybridized carbons (Fsp3) is 0.316. The van der Waals surface area contributed by atoms with Gasteiger partial charge in [0.15, 0.2) is 6.04 Å². The highest BCUT2D eigenvalue weighted by molar-refractivity contribution is 7.89. The van der Waals surface area contributed by atoms with Crippen LogP contribution in [-0.2, 0) is 14.8 Å². The Morgan fingerprint density at radius 2 is 1.61 bits per heavy atom. The van der Waals surface area contributed by atoms with E-state index in [0.29, 0.717) is 13.1 Å². The number of para-hydroxylation sites is 1. The number of benzene rings is 2. The predicted octanol–water partition coefficient (Wildman–Crippen LogP) is 0.881. The van der Waals surface area contributed by atoms with Gasteiger partial charge in [-0.15, -0.1) is 0 Å². The molecule has 1 fully saturated rings. The summed E-state index contributed by atoms with van der Waals surface area (Å²) in [5.74, 6) is -1.64. The minimum Gasteiger partial charge on any atom is -0.323 e. The summed E-state index contributed by atoms with van der Waals surface area (Å²) in [5.41, 5.74) is 0.111. The number of anilines is 1. The van der Waals surface area contributed by atoms with Crippen LogP contribution in [0, 0.1) is 11.6 Å². The van der Waals surface area contributed by atoms with Crippen molar-refractivity contribution >= 4 is 21.6 Å². The molecule has 9 heteroatoms. The van der Waals surface area contributed by atoms with Crippen LogP contribution in [0.15, 0.2) is 53.4 Å². The number of halogens is 2. The van der Waals surface area contributed by atoms with E-state index in [2.05, 4.69) is 5.32 Å². The number of hydrogen-bond acceptors (Lipinski definition) is 3. The van der Waals surface area contributed by atoms with Gasteiger partial charge >= 0.3 is 0 Å². The fourth-order valence-electron chi connectivity index (χ4n) is 3.23. The molecule has 0 bridgehead atoms. The first-order valence-corrected chi connectivity index (χ1v) is 10.4. The van der Waals surface area contributed by atoms with E-state index in [1.54, 1.807) is 13.0 Å². The normalized spacial score (nSPS) is 17.2. The molecule has 0 aliphatic carbocycles. The molecular weight excluding hydrogens is 388 g/mol. The maximum absolute atomic E-state index is 13.9. The van der Waals surface area contributed by atoms with Crippen molar-refractivity contribution in [1.82, 2.24) is 4.31 Å². The Hall–Kier alpha value is -2.36.